The van der Waals surface area contributed by atoms with Crippen LogP contribution in [0.15, 0.2) is 36.4 Å². The number of hydrogen-bond acceptors (Lipinski definition) is 1. The Balaban J connectivity index is 2.49. The van der Waals surface area contributed by atoms with Gasteiger partial charge in [0.25, 0.3) is 0 Å². The van der Waals surface area contributed by atoms with Gasteiger partial charge in [-0.3, -0.25) is 0 Å². The lowest BCUT2D eigenvalue weighted by molar-refractivity contribution is -0.143. The molecule has 23 heavy (non-hydrogen) atoms. The lowest BCUT2D eigenvalue weighted by Gasteiger charge is -2.15. The summed E-state index contributed by atoms with van der Waals surface area (Å²) in [6.45, 7) is 3.57. The molecule has 0 saturated carbocycles. The molecular weight excluding hydrogens is 320 g/mol. The molecule has 7 heteroatoms. The molecule has 1 nitrogen and oxygen atoms in total. The van der Waals surface area contributed by atoms with Crippen LogP contribution in [0.3, 0.4) is 0 Å². The molecule has 2 aromatic carbocycles. The van der Waals surface area contributed by atoms with Gasteiger partial charge in [0.2, 0.25) is 0 Å². The van der Waals surface area contributed by atoms with Crippen molar-refractivity contribution in [2.24, 2.45) is 0 Å². The molecule has 0 bridgehead atoms. The summed E-state index contributed by atoms with van der Waals surface area (Å²) >= 11 is 0. The van der Waals surface area contributed by atoms with Crippen LogP contribution >= 0.6 is 0 Å². The minimum atomic E-state index is -4.86. The molecule has 2 rings (SSSR count). The summed E-state index contributed by atoms with van der Waals surface area (Å²) in [6.07, 6.45) is -9.72. The predicted molar refractivity (Wildman–Crippen MR) is 75.6 cm³/mol. The van der Waals surface area contributed by atoms with E-state index in [4.69, 9.17) is 0 Å². The van der Waals surface area contributed by atoms with Crippen molar-refractivity contribution in [1.82, 2.24) is 0 Å². The van der Waals surface area contributed by atoms with Gasteiger partial charge in [0.05, 0.1) is 11.1 Å². The SMILES string of the molecule is Cc1cc(C)cc(Nc2cc(C(F)(F)F)cc(C(F)(F)F)c2)c1. The summed E-state index contributed by atoms with van der Waals surface area (Å²) in [6, 6.07) is 6.55. The van der Waals surface area contributed by atoms with Gasteiger partial charge in [0, 0.05) is 11.4 Å². The summed E-state index contributed by atoms with van der Waals surface area (Å²) in [5.74, 6) is 0. The highest BCUT2D eigenvalue weighted by Crippen LogP contribution is 2.38. The maximum absolute atomic E-state index is 12.8. The molecule has 0 atom stereocenters. The first-order valence-electron chi connectivity index (χ1n) is 6.60. The molecule has 124 valence electrons. The summed E-state index contributed by atoms with van der Waals surface area (Å²) in [5.41, 5.74) is -0.850. The lowest BCUT2D eigenvalue weighted by Crippen LogP contribution is -2.11. The van der Waals surface area contributed by atoms with Gasteiger partial charge < -0.3 is 5.32 Å². The Kier molecular flexibility index (Phi) is 4.32. The zero-order valence-corrected chi connectivity index (χ0v) is 12.2. The Morgan fingerprint density at radius 2 is 1.00 bits per heavy atom. The quantitative estimate of drug-likeness (QED) is 0.656. The number of anilines is 2. The average molecular weight is 333 g/mol. The summed E-state index contributed by atoms with van der Waals surface area (Å²) in [4.78, 5) is 0. The van der Waals surface area contributed by atoms with E-state index in [1.165, 1.54) is 0 Å². The van der Waals surface area contributed by atoms with E-state index in [0.29, 0.717) is 17.8 Å². The molecule has 0 radical (unpaired) electrons. The zero-order chi connectivity index (χ0) is 17.4. The Morgan fingerprint density at radius 3 is 1.39 bits per heavy atom. The number of benzene rings is 2. The van der Waals surface area contributed by atoms with Gasteiger partial charge in [-0.15, -0.1) is 0 Å². The second-order valence-corrected chi connectivity index (χ2v) is 5.30. The van der Waals surface area contributed by atoms with Crippen molar-refractivity contribution in [3.63, 3.8) is 0 Å². The van der Waals surface area contributed by atoms with Crippen molar-refractivity contribution in [3.05, 3.63) is 58.7 Å². The molecule has 0 heterocycles. The highest BCUT2D eigenvalue weighted by atomic mass is 19.4. The predicted octanol–water partition coefficient (Wildman–Crippen LogP) is 6.08. The van der Waals surface area contributed by atoms with Crippen molar-refractivity contribution in [2.75, 3.05) is 5.32 Å². The van der Waals surface area contributed by atoms with Gasteiger partial charge >= 0.3 is 12.4 Å². The number of nitrogens with one attached hydrogen (secondary N) is 1. The molecule has 0 saturated heterocycles. The van der Waals surface area contributed by atoms with Crippen LogP contribution in [0.4, 0.5) is 37.7 Å². The smallest absolute Gasteiger partial charge is 0.355 e. The van der Waals surface area contributed by atoms with Crippen LogP contribution < -0.4 is 5.32 Å². The van der Waals surface area contributed by atoms with Gasteiger partial charge in [-0.25, -0.2) is 0 Å². The molecule has 0 spiro atoms. The molecule has 1 N–H and O–H groups in total. The van der Waals surface area contributed by atoms with E-state index in [1.807, 2.05) is 6.07 Å². The van der Waals surface area contributed by atoms with Gasteiger partial charge in [-0.05, 0) is 55.3 Å². The van der Waals surface area contributed by atoms with E-state index in [2.05, 4.69) is 5.32 Å². The Hall–Kier alpha value is -2.18. The molecule has 0 aromatic heterocycles. The van der Waals surface area contributed by atoms with Crippen LogP contribution in [0.25, 0.3) is 0 Å². The third-order valence-electron chi connectivity index (χ3n) is 3.10. The molecular formula is C16H13F6N. The third kappa shape index (κ3) is 4.40. The van der Waals surface area contributed by atoms with Crippen LogP contribution in [0.1, 0.15) is 22.3 Å². The van der Waals surface area contributed by atoms with Crippen LogP contribution in [0.2, 0.25) is 0 Å². The summed E-state index contributed by atoms with van der Waals surface area (Å²) < 4.78 is 76.8. The van der Waals surface area contributed by atoms with Crippen LogP contribution in [0, 0.1) is 13.8 Å². The fraction of sp³-hybridized carbons (Fsp3) is 0.250. The van der Waals surface area contributed by atoms with E-state index in [9.17, 15) is 26.3 Å². The van der Waals surface area contributed by atoms with E-state index >= 15 is 0 Å². The minimum Gasteiger partial charge on any atom is -0.355 e. The van der Waals surface area contributed by atoms with Crippen LogP contribution in [-0.4, -0.2) is 0 Å². The zero-order valence-electron chi connectivity index (χ0n) is 12.2. The van der Waals surface area contributed by atoms with Crippen molar-refractivity contribution in [2.45, 2.75) is 26.2 Å². The Labute approximate surface area is 128 Å². The molecule has 0 aliphatic carbocycles. The molecule has 0 aliphatic rings. The van der Waals surface area contributed by atoms with E-state index < -0.39 is 23.5 Å². The molecule has 0 amide bonds. The Bertz CT molecular complexity index is 663. The fourth-order valence-corrected chi connectivity index (χ4v) is 2.24. The van der Waals surface area contributed by atoms with Gasteiger partial charge in [-0.1, -0.05) is 6.07 Å². The first-order chi connectivity index (χ1) is 10.4. The monoisotopic (exact) mass is 333 g/mol. The normalized spacial score (nSPS) is 12.3. The number of hydrogen-bond donors (Lipinski definition) is 1. The minimum absolute atomic E-state index is 0.104. The number of aryl methyl sites for hydroxylation is 2. The van der Waals surface area contributed by atoms with Crippen molar-refractivity contribution in [1.29, 1.82) is 0 Å². The van der Waals surface area contributed by atoms with Crippen LogP contribution in [-0.2, 0) is 12.4 Å². The number of alkyl halides is 6. The Morgan fingerprint density at radius 1 is 0.609 bits per heavy atom. The van der Waals surface area contributed by atoms with Gasteiger partial charge in [0.15, 0.2) is 0 Å². The van der Waals surface area contributed by atoms with E-state index in [-0.39, 0.29) is 11.8 Å². The number of rotatable bonds is 2. The summed E-state index contributed by atoms with van der Waals surface area (Å²) in [7, 11) is 0. The first-order valence-corrected chi connectivity index (χ1v) is 6.60. The highest BCUT2D eigenvalue weighted by Gasteiger charge is 2.36. The third-order valence-corrected chi connectivity index (χ3v) is 3.10. The topological polar surface area (TPSA) is 12.0 Å². The molecule has 0 aliphatic heterocycles. The molecule has 0 unspecified atom stereocenters. The van der Waals surface area contributed by atoms with E-state index in [0.717, 1.165) is 11.1 Å². The molecule has 2 aromatic rings. The van der Waals surface area contributed by atoms with E-state index in [1.54, 1.807) is 26.0 Å². The molecule has 0 fully saturated rings. The van der Waals surface area contributed by atoms with Crippen molar-refractivity contribution < 1.29 is 26.3 Å². The maximum Gasteiger partial charge on any atom is 0.416 e. The van der Waals surface area contributed by atoms with Gasteiger partial charge in [-0.2, -0.15) is 26.3 Å². The standard InChI is InChI=1S/C16H13F6N/c1-9-3-10(2)5-13(4-9)23-14-7-11(15(17,18)19)6-12(8-14)16(20,21)22/h3-8,23H,1-2H3. The largest absolute Gasteiger partial charge is 0.416 e. The van der Waals surface area contributed by atoms with Crippen molar-refractivity contribution in [3.8, 4) is 0 Å². The average Bonchev–Trinajstić information content (AvgIpc) is 2.34. The van der Waals surface area contributed by atoms with Gasteiger partial charge in [0.1, 0.15) is 0 Å². The summed E-state index contributed by atoms with van der Waals surface area (Å²) in [5, 5.41) is 2.61. The fourth-order valence-electron chi connectivity index (χ4n) is 2.24. The highest BCUT2D eigenvalue weighted by molar-refractivity contribution is 5.63. The van der Waals surface area contributed by atoms with Crippen LogP contribution in [0.5, 0.6) is 0 Å². The maximum atomic E-state index is 12.8. The lowest BCUT2D eigenvalue weighted by atomic mass is 10.1. The number of halogens is 6. The second-order valence-electron chi connectivity index (χ2n) is 5.30. The second kappa shape index (κ2) is 5.79. The van der Waals surface area contributed by atoms with Crippen molar-refractivity contribution >= 4 is 11.4 Å². The first kappa shape index (κ1) is 17.2.